The molecule has 2 aromatic rings. The van der Waals surface area contributed by atoms with Gasteiger partial charge < -0.3 is 9.32 Å². The molecule has 7 nitrogen and oxygen atoms in total. The largest absolute Gasteiger partial charge is 0.423 e. The Labute approximate surface area is 140 Å². The lowest BCUT2D eigenvalue weighted by Gasteiger charge is -2.20. The van der Waals surface area contributed by atoms with E-state index < -0.39 is 10.0 Å². The number of hydrogen-bond donors (Lipinski definition) is 0. The first-order chi connectivity index (χ1) is 11.5. The van der Waals surface area contributed by atoms with Gasteiger partial charge in [0.1, 0.15) is 0 Å². The normalized spacial score (nSPS) is 15.4. The summed E-state index contributed by atoms with van der Waals surface area (Å²) in [5, 5.41) is -0.198. The van der Waals surface area contributed by atoms with Crippen LogP contribution in [0.5, 0.6) is 0 Å². The smallest absolute Gasteiger partial charge is 0.277 e. The summed E-state index contributed by atoms with van der Waals surface area (Å²) in [7, 11) is -2.30. The van der Waals surface area contributed by atoms with Gasteiger partial charge in [-0.3, -0.25) is 4.79 Å². The fourth-order valence-corrected chi connectivity index (χ4v) is 3.57. The van der Waals surface area contributed by atoms with Crippen molar-refractivity contribution in [2.24, 2.45) is 0 Å². The van der Waals surface area contributed by atoms with E-state index in [0.29, 0.717) is 25.1 Å². The summed E-state index contributed by atoms with van der Waals surface area (Å²) < 4.78 is 31.7. The molecule has 1 aliphatic rings. The summed E-state index contributed by atoms with van der Waals surface area (Å²) >= 11 is 0. The molecule has 0 aliphatic carbocycles. The van der Waals surface area contributed by atoms with Crippen LogP contribution in [-0.2, 0) is 14.8 Å². The van der Waals surface area contributed by atoms with Crippen molar-refractivity contribution in [1.82, 2.24) is 14.2 Å². The lowest BCUT2D eigenvalue weighted by Crippen LogP contribution is -2.36. The second-order valence-corrected chi connectivity index (χ2v) is 7.64. The number of aromatic nitrogens is 1. The summed E-state index contributed by atoms with van der Waals surface area (Å²) in [5.74, 6) is 0.337. The van der Waals surface area contributed by atoms with E-state index in [1.807, 2.05) is 18.2 Å². The van der Waals surface area contributed by atoms with Gasteiger partial charge in [0.05, 0.1) is 6.20 Å². The Morgan fingerprint density at radius 2 is 2.04 bits per heavy atom. The standard InChI is InChI=1S/C16H19N3O4S/c1-18(10-11-19-9-5-8-14(19)20)24(21,22)15-12-17-16(23-15)13-6-3-2-4-7-13/h2-4,6-7,12H,5,8-11H2,1H3. The second-order valence-electron chi connectivity index (χ2n) is 5.66. The molecule has 1 fully saturated rings. The minimum atomic E-state index is -3.77. The molecule has 0 unspecified atom stereocenters. The number of rotatable bonds is 6. The minimum Gasteiger partial charge on any atom is -0.423 e. The topological polar surface area (TPSA) is 83.7 Å². The third-order valence-corrected chi connectivity index (χ3v) is 5.73. The maximum absolute atomic E-state index is 12.6. The van der Waals surface area contributed by atoms with Crippen LogP contribution in [0.3, 0.4) is 0 Å². The number of carbonyl (C=O) groups excluding carboxylic acids is 1. The summed E-state index contributed by atoms with van der Waals surface area (Å²) in [6, 6.07) is 9.10. The highest BCUT2D eigenvalue weighted by Crippen LogP contribution is 2.23. The Hall–Kier alpha value is -2.19. The lowest BCUT2D eigenvalue weighted by atomic mass is 10.2. The fraction of sp³-hybridized carbons (Fsp3) is 0.375. The third kappa shape index (κ3) is 3.34. The number of likely N-dealkylation sites (N-methyl/N-ethyl adjacent to an activating group) is 1. The molecule has 3 rings (SSSR count). The van der Waals surface area contributed by atoms with Crippen molar-refractivity contribution in [3.05, 3.63) is 36.5 Å². The highest BCUT2D eigenvalue weighted by atomic mass is 32.2. The van der Waals surface area contributed by atoms with Crippen molar-refractivity contribution < 1.29 is 17.6 Å². The van der Waals surface area contributed by atoms with Crippen LogP contribution in [0.15, 0.2) is 46.0 Å². The van der Waals surface area contributed by atoms with Crippen molar-refractivity contribution >= 4 is 15.9 Å². The molecule has 0 saturated carbocycles. The van der Waals surface area contributed by atoms with Gasteiger partial charge in [-0.15, -0.1) is 0 Å². The van der Waals surface area contributed by atoms with Crippen molar-refractivity contribution in [3.8, 4) is 11.5 Å². The number of oxazole rings is 1. The van der Waals surface area contributed by atoms with Crippen LogP contribution in [0.1, 0.15) is 12.8 Å². The average molecular weight is 349 g/mol. The number of hydrogen-bond acceptors (Lipinski definition) is 5. The van der Waals surface area contributed by atoms with Crippen LogP contribution in [0.25, 0.3) is 11.5 Å². The van der Waals surface area contributed by atoms with Gasteiger partial charge in [0.2, 0.25) is 11.8 Å². The average Bonchev–Trinajstić information content (AvgIpc) is 3.23. The molecule has 8 heteroatoms. The van der Waals surface area contributed by atoms with Crippen LogP contribution >= 0.6 is 0 Å². The van der Waals surface area contributed by atoms with Gasteiger partial charge in [-0.25, -0.2) is 13.4 Å². The number of nitrogens with zero attached hydrogens (tertiary/aromatic N) is 3. The molecule has 1 amide bonds. The van der Waals surface area contributed by atoms with E-state index in [-0.39, 0.29) is 23.4 Å². The van der Waals surface area contributed by atoms with Gasteiger partial charge in [0.25, 0.3) is 15.1 Å². The molecule has 0 bridgehead atoms. The van der Waals surface area contributed by atoms with Crippen LogP contribution in [-0.4, -0.2) is 55.2 Å². The third-order valence-electron chi connectivity index (χ3n) is 4.03. The Morgan fingerprint density at radius 1 is 1.29 bits per heavy atom. The molecule has 0 N–H and O–H groups in total. The van der Waals surface area contributed by atoms with Crippen molar-refractivity contribution in [2.45, 2.75) is 17.9 Å². The molecule has 2 heterocycles. The molecule has 128 valence electrons. The summed E-state index contributed by atoms with van der Waals surface area (Å²) in [6.45, 7) is 1.29. The second kappa shape index (κ2) is 6.74. The zero-order valence-corrected chi connectivity index (χ0v) is 14.2. The predicted octanol–water partition coefficient (Wildman–Crippen LogP) is 1.58. The van der Waals surface area contributed by atoms with E-state index in [4.69, 9.17) is 4.42 Å². The molecule has 1 aromatic heterocycles. The summed E-state index contributed by atoms with van der Waals surface area (Å²) in [4.78, 5) is 17.3. The van der Waals surface area contributed by atoms with Gasteiger partial charge in [-0.05, 0) is 18.6 Å². The van der Waals surface area contributed by atoms with E-state index >= 15 is 0 Å². The Morgan fingerprint density at radius 3 is 2.71 bits per heavy atom. The predicted molar refractivity (Wildman–Crippen MR) is 87.6 cm³/mol. The van der Waals surface area contributed by atoms with Crippen molar-refractivity contribution in [1.29, 1.82) is 0 Å². The zero-order valence-electron chi connectivity index (χ0n) is 13.4. The minimum absolute atomic E-state index is 0.0758. The first kappa shape index (κ1) is 16.7. The fourth-order valence-electron chi connectivity index (χ4n) is 2.57. The van der Waals surface area contributed by atoms with Crippen LogP contribution in [0.2, 0.25) is 0 Å². The molecule has 0 atom stereocenters. The first-order valence-electron chi connectivity index (χ1n) is 7.74. The molecule has 24 heavy (non-hydrogen) atoms. The molecule has 0 spiro atoms. The Kier molecular flexibility index (Phi) is 4.68. The van der Waals surface area contributed by atoms with E-state index in [9.17, 15) is 13.2 Å². The highest BCUT2D eigenvalue weighted by molar-refractivity contribution is 7.89. The molecule has 0 radical (unpaired) electrons. The quantitative estimate of drug-likeness (QED) is 0.791. The highest BCUT2D eigenvalue weighted by Gasteiger charge is 2.27. The van der Waals surface area contributed by atoms with Gasteiger partial charge in [0.15, 0.2) is 0 Å². The molecular weight excluding hydrogens is 330 g/mol. The first-order valence-corrected chi connectivity index (χ1v) is 9.18. The van der Waals surface area contributed by atoms with Crippen molar-refractivity contribution in [2.75, 3.05) is 26.7 Å². The van der Waals surface area contributed by atoms with Gasteiger partial charge in [0, 0.05) is 38.7 Å². The van der Waals surface area contributed by atoms with Gasteiger partial charge >= 0.3 is 0 Å². The number of amides is 1. The summed E-state index contributed by atoms with van der Waals surface area (Å²) in [6.07, 6.45) is 2.59. The molecular formula is C16H19N3O4S. The van der Waals surface area contributed by atoms with Gasteiger partial charge in [-0.1, -0.05) is 18.2 Å². The lowest BCUT2D eigenvalue weighted by molar-refractivity contribution is -0.127. The molecule has 1 aromatic carbocycles. The van der Waals surface area contributed by atoms with E-state index in [1.165, 1.54) is 17.5 Å². The van der Waals surface area contributed by atoms with Crippen LogP contribution in [0, 0.1) is 0 Å². The van der Waals surface area contributed by atoms with Crippen molar-refractivity contribution in [3.63, 3.8) is 0 Å². The van der Waals surface area contributed by atoms with Gasteiger partial charge in [-0.2, -0.15) is 4.31 Å². The Balaban J connectivity index is 1.70. The Bertz CT molecular complexity index is 817. The maximum atomic E-state index is 12.6. The molecule has 1 aliphatic heterocycles. The number of sulfonamides is 1. The SMILES string of the molecule is CN(CCN1CCCC1=O)S(=O)(=O)c1cnc(-c2ccccc2)o1. The summed E-state index contributed by atoms with van der Waals surface area (Å²) in [5.41, 5.74) is 0.712. The number of benzene rings is 1. The monoisotopic (exact) mass is 349 g/mol. The molecule has 1 saturated heterocycles. The van der Waals surface area contributed by atoms with E-state index in [0.717, 1.165) is 6.42 Å². The van der Waals surface area contributed by atoms with Crippen LogP contribution in [0.4, 0.5) is 0 Å². The maximum Gasteiger partial charge on any atom is 0.277 e. The number of carbonyl (C=O) groups is 1. The van der Waals surface area contributed by atoms with E-state index in [1.54, 1.807) is 17.0 Å². The van der Waals surface area contributed by atoms with Crippen LogP contribution < -0.4 is 0 Å². The number of likely N-dealkylation sites (tertiary alicyclic amines) is 1. The zero-order chi connectivity index (χ0) is 17.2. The van der Waals surface area contributed by atoms with E-state index in [2.05, 4.69) is 4.98 Å².